The molecular weight excluding hydrogens is 469 g/mol. The predicted molar refractivity (Wildman–Crippen MR) is 129 cm³/mol. The minimum atomic E-state index is 0. The number of rotatable bonds is 15. The van der Waals surface area contributed by atoms with Crippen molar-refractivity contribution < 1.29 is 9.47 Å². The molecule has 0 amide bonds. The Balaban J connectivity index is 0.00000729. The van der Waals surface area contributed by atoms with Gasteiger partial charge in [-0.05, 0) is 39.8 Å². The third-order valence-electron chi connectivity index (χ3n) is 4.65. The van der Waals surface area contributed by atoms with Gasteiger partial charge in [0.15, 0.2) is 5.96 Å². The van der Waals surface area contributed by atoms with Crippen LogP contribution in [-0.2, 0) is 9.47 Å². The van der Waals surface area contributed by atoms with E-state index in [4.69, 9.17) is 9.47 Å². The van der Waals surface area contributed by atoms with E-state index < -0.39 is 0 Å². The van der Waals surface area contributed by atoms with Crippen molar-refractivity contribution in [3.8, 4) is 0 Å². The SMILES string of the molecule is CCCCOCCOCCNC(=NCCCCN1CCN(C)CC1)NCC.I. The fraction of sp³-hybridized carbons (Fsp3) is 0.950. The lowest BCUT2D eigenvalue weighted by molar-refractivity contribution is 0.0487. The minimum Gasteiger partial charge on any atom is -0.379 e. The summed E-state index contributed by atoms with van der Waals surface area (Å²) in [4.78, 5) is 9.63. The van der Waals surface area contributed by atoms with Crippen molar-refractivity contribution in [3.05, 3.63) is 0 Å². The lowest BCUT2D eigenvalue weighted by Gasteiger charge is -2.32. The number of piperazine rings is 1. The molecule has 0 aromatic heterocycles. The highest BCUT2D eigenvalue weighted by Crippen LogP contribution is 2.01. The molecule has 0 radical (unpaired) electrons. The molecule has 168 valence electrons. The van der Waals surface area contributed by atoms with E-state index in [0.29, 0.717) is 19.8 Å². The molecule has 0 atom stereocenters. The number of aliphatic imine (C=N–C) groups is 1. The molecule has 2 N–H and O–H groups in total. The van der Waals surface area contributed by atoms with Crippen LogP contribution in [-0.4, -0.2) is 102 Å². The quantitative estimate of drug-likeness (QED) is 0.151. The number of nitrogens with one attached hydrogen (secondary N) is 2. The maximum absolute atomic E-state index is 5.58. The Morgan fingerprint density at radius 3 is 2.29 bits per heavy atom. The van der Waals surface area contributed by atoms with E-state index in [0.717, 1.165) is 45.0 Å². The van der Waals surface area contributed by atoms with Gasteiger partial charge in [0, 0.05) is 52.4 Å². The van der Waals surface area contributed by atoms with Gasteiger partial charge in [-0.3, -0.25) is 4.99 Å². The number of halogens is 1. The van der Waals surface area contributed by atoms with Gasteiger partial charge in [-0.1, -0.05) is 13.3 Å². The Labute approximate surface area is 190 Å². The zero-order valence-electron chi connectivity index (χ0n) is 18.4. The second-order valence-electron chi connectivity index (χ2n) is 7.12. The van der Waals surface area contributed by atoms with E-state index in [-0.39, 0.29) is 24.0 Å². The van der Waals surface area contributed by atoms with Crippen LogP contribution in [0.3, 0.4) is 0 Å². The lowest BCUT2D eigenvalue weighted by Crippen LogP contribution is -2.44. The van der Waals surface area contributed by atoms with Crippen molar-refractivity contribution >= 4 is 29.9 Å². The number of ether oxygens (including phenoxy) is 2. The summed E-state index contributed by atoms with van der Waals surface area (Å²) in [7, 11) is 2.20. The van der Waals surface area contributed by atoms with Gasteiger partial charge < -0.3 is 29.9 Å². The second kappa shape index (κ2) is 20.1. The van der Waals surface area contributed by atoms with Crippen LogP contribution in [0.1, 0.15) is 39.5 Å². The molecule has 1 aliphatic rings. The number of likely N-dealkylation sites (N-methyl/N-ethyl adjacent to an activating group) is 1. The lowest BCUT2D eigenvalue weighted by atomic mass is 10.2. The summed E-state index contributed by atoms with van der Waals surface area (Å²) >= 11 is 0. The maximum atomic E-state index is 5.58. The fourth-order valence-electron chi connectivity index (χ4n) is 2.86. The van der Waals surface area contributed by atoms with E-state index in [9.17, 15) is 0 Å². The van der Waals surface area contributed by atoms with E-state index >= 15 is 0 Å². The summed E-state index contributed by atoms with van der Waals surface area (Å²) in [5.74, 6) is 0.889. The Kier molecular flexibility index (Phi) is 20.0. The molecular formula is C20H44IN5O2. The zero-order valence-corrected chi connectivity index (χ0v) is 20.7. The predicted octanol–water partition coefficient (Wildman–Crippen LogP) is 2.02. The summed E-state index contributed by atoms with van der Waals surface area (Å²) in [6.07, 6.45) is 4.65. The van der Waals surface area contributed by atoms with E-state index in [2.05, 4.69) is 46.3 Å². The first-order valence-electron chi connectivity index (χ1n) is 10.8. The molecule has 0 unspecified atom stereocenters. The van der Waals surface area contributed by atoms with Gasteiger partial charge >= 0.3 is 0 Å². The van der Waals surface area contributed by atoms with E-state index in [1.165, 1.54) is 45.6 Å². The summed E-state index contributed by atoms with van der Waals surface area (Å²) in [5.41, 5.74) is 0. The van der Waals surface area contributed by atoms with Crippen LogP contribution in [0.25, 0.3) is 0 Å². The van der Waals surface area contributed by atoms with Crippen molar-refractivity contribution in [2.24, 2.45) is 4.99 Å². The Hall–Kier alpha value is -0.160. The van der Waals surface area contributed by atoms with E-state index in [1.807, 2.05) is 0 Å². The third-order valence-corrected chi connectivity index (χ3v) is 4.65. The second-order valence-corrected chi connectivity index (χ2v) is 7.12. The molecule has 0 aromatic carbocycles. The van der Waals surface area contributed by atoms with Gasteiger partial charge in [-0.25, -0.2) is 0 Å². The minimum absolute atomic E-state index is 0. The molecule has 0 bridgehead atoms. The molecule has 0 spiro atoms. The van der Waals surface area contributed by atoms with Crippen LogP contribution in [0, 0.1) is 0 Å². The van der Waals surface area contributed by atoms with Gasteiger partial charge in [0.1, 0.15) is 0 Å². The summed E-state index contributed by atoms with van der Waals surface area (Å²) < 4.78 is 11.1. The standard InChI is InChI=1S/C20H43N5O2.HI/c1-4-6-16-26-18-19-27-17-10-23-20(21-5-2)22-9-7-8-11-25-14-12-24(3)13-15-25;/h4-19H2,1-3H3,(H2,21,22,23);1H. The first-order valence-corrected chi connectivity index (χ1v) is 10.8. The van der Waals surface area contributed by atoms with Gasteiger partial charge in [-0.15, -0.1) is 24.0 Å². The molecule has 1 fully saturated rings. The number of guanidine groups is 1. The van der Waals surface area contributed by atoms with Crippen molar-refractivity contribution in [1.29, 1.82) is 0 Å². The molecule has 0 aromatic rings. The van der Waals surface area contributed by atoms with Gasteiger partial charge in [0.25, 0.3) is 0 Å². The summed E-state index contributed by atoms with van der Waals surface area (Å²) in [5, 5.41) is 6.63. The summed E-state index contributed by atoms with van der Waals surface area (Å²) in [6, 6.07) is 0. The largest absolute Gasteiger partial charge is 0.379 e. The Morgan fingerprint density at radius 1 is 0.893 bits per heavy atom. The zero-order chi connectivity index (χ0) is 19.6. The van der Waals surface area contributed by atoms with Gasteiger partial charge in [0.2, 0.25) is 0 Å². The molecule has 1 rings (SSSR count). The molecule has 8 heteroatoms. The monoisotopic (exact) mass is 513 g/mol. The van der Waals surface area contributed by atoms with Gasteiger partial charge in [0.05, 0.1) is 19.8 Å². The van der Waals surface area contributed by atoms with Gasteiger partial charge in [-0.2, -0.15) is 0 Å². The molecule has 1 aliphatic heterocycles. The number of nitrogens with zero attached hydrogens (tertiary/aromatic N) is 3. The number of hydrogen-bond acceptors (Lipinski definition) is 5. The van der Waals surface area contributed by atoms with Crippen molar-refractivity contribution in [1.82, 2.24) is 20.4 Å². The number of hydrogen-bond donors (Lipinski definition) is 2. The third kappa shape index (κ3) is 15.7. The molecule has 28 heavy (non-hydrogen) atoms. The molecule has 1 heterocycles. The normalized spacial score (nSPS) is 16.0. The topological polar surface area (TPSA) is 61.4 Å². The van der Waals surface area contributed by atoms with Crippen molar-refractivity contribution in [2.45, 2.75) is 39.5 Å². The average molecular weight is 514 g/mol. The smallest absolute Gasteiger partial charge is 0.191 e. The number of unbranched alkanes of at least 4 members (excludes halogenated alkanes) is 2. The fourth-order valence-corrected chi connectivity index (χ4v) is 2.86. The molecule has 0 saturated carbocycles. The Morgan fingerprint density at radius 2 is 1.61 bits per heavy atom. The van der Waals surface area contributed by atoms with Crippen LogP contribution in [0.15, 0.2) is 4.99 Å². The van der Waals surface area contributed by atoms with Crippen LogP contribution in [0.5, 0.6) is 0 Å². The van der Waals surface area contributed by atoms with Crippen LogP contribution < -0.4 is 10.6 Å². The van der Waals surface area contributed by atoms with E-state index in [1.54, 1.807) is 0 Å². The molecule has 7 nitrogen and oxygen atoms in total. The summed E-state index contributed by atoms with van der Waals surface area (Å²) in [6.45, 7) is 15.6. The first-order chi connectivity index (χ1) is 13.3. The molecule has 0 aliphatic carbocycles. The van der Waals surface area contributed by atoms with Crippen LogP contribution in [0.4, 0.5) is 0 Å². The maximum Gasteiger partial charge on any atom is 0.191 e. The average Bonchev–Trinajstić information content (AvgIpc) is 2.67. The highest BCUT2D eigenvalue weighted by molar-refractivity contribution is 14.0. The van der Waals surface area contributed by atoms with Crippen molar-refractivity contribution in [3.63, 3.8) is 0 Å². The van der Waals surface area contributed by atoms with Crippen LogP contribution >= 0.6 is 24.0 Å². The molecule has 1 saturated heterocycles. The highest BCUT2D eigenvalue weighted by atomic mass is 127. The highest BCUT2D eigenvalue weighted by Gasteiger charge is 2.12. The Bertz CT molecular complexity index is 367. The van der Waals surface area contributed by atoms with Crippen molar-refractivity contribution in [2.75, 3.05) is 85.8 Å². The van der Waals surface area contributed by atoms with Crippen LogP contribution in [0.2, 0.25) is 0 Å². The first kappa shape index (κ1) is 27.8.